The molecule has 0 bridgehead atoms. The SMILES string of the molecule is CNc1nn(C[NH+]2CC[NH+](Cc3ccccc3C)CC2)c(=S)s1. The van der Waals surface area contributed by atoms with E-state index < -0.39 is 0 Å². The van der Waals surface area contributed by atoms with Crippen LogP contribution in [0.5, 0.6) is 0 Å². The van der Waals surface area contributed by atoms with Gasteiger partial charge in [0, 0.05) is 12.6 Å². The number of hydrogen-bond acceptors (Lipinski definition) is 4. The molecule has 3 N–H and O–H groups in total. The average Bonchev–Trinajstić information content (AvgIpc) is 2.91. The molecule has 0 aliphatic carbocycles. The van der Waals surface area contributed by atoms with Crippen LogP contribution in [0.2, 0.25) is 0 Å². The lowest BCUT2D eigenvalue weighted by Crippen LogP contribution is -3.27. The second-order valence-corrected chi connectivity index (χ2v) is 7.81. The Bertz CT molecular complexity index is 700. The number of piperazine rings is 1. The molecular formula is C16H25N5S2+2. The minimum absolute atomic E-state index is 0.858. The third kappa shape index (κ3) is 4.17. The smallest absolute Gasteiger partial charge is 0.204 e. The van der Waals surface area contributed by atoms with Gasteiger partial charge in [-0.2, -0.15) is 4.68 Å². The highest BCUT2D eigenvalue weighted by molar-refractivity contribution is 7.73. The molecule has 0 spiro atoms. The van der Waals surface area contributed by atoms with Crippen molar-refractivity contribution >= 4 is 28.7 Å². The maximum Gasteiger partial charge on any atom is 0.204 e. The second-order valence-electron chi connectivity index (χ2n) is 6.18. The van der Waals surface area contributed by atoms with Crippen LogP contribution in [0.4, 0.5) is 5.13 Å². The van der Waals surface area contributed by atoms with Crippen molar-refractivity contribution < 1.29 is 9.80 Å². The van der Waals surface area contributed by atoms with E-state index in [1.165, 1.54) is 37.3 Å². The molecule has 1 aromatic carbocycles. The van der Waals surface area contributed by atoms with Crippen molar-refractivity contribution in [2.45, 2.75) is 20.1 Å². The molecule has 1 saturated heterocycles. The first-order valence-corrected chi connectivity index (χ1v) is 9.35. The van der Waals surface area contributed by atoms with E-state index in [9.17, 15) is 0 Å². The Morgan fingerprint density at radius 1 is 1.22 bits per heavy atom. The molecule has 23 heavy (non-hydrogen) atoms. The van der Waals surface area contributed by atoms with Crippen LogP contribution in [-0.4, -0.2) is 43.0 Å². The van der Waals surface area contributed by atoms with E-state index in [2.05, 4.69) is 41.6 Å². The Kier molecular flexibility index (Phi) is 5.42. The first-order valence-electron chi connectivity index (χ1n) is 8.13. The van der Waals surface area contributed by atoms with Crippen molar-refractivity contribution in [2.75, 3.05) is 38.5 Å². The molecular weight excluding hydrogens is 326 g/mol. The number of anilines is 1. The molecule has 1 aliphatic heterocycles. The zero-order chi connectivity index (χ0) is 16.2. The van der Waals surface area contributed by atoms with Gasteiger partial charge in [-0.25, -0.2) is 0 Å². The molecule has 5 nitrogen and oxygen atoms in total. The average molecular weight is 352 g/mol. The topological polar surface area (TPSA) is 38.7 Å². The molecule has 0 radical (unpaired) electrons. The van der Waals surface area contributed by atoms with Crippen LogP contribution in [0, 0.1) is 10.9 Å². The largest absolute Gasteiger partial charge is 0.363 e. The van der Waals surface area contributed by atoms with Crippen molar-refractivity contribution in [2.24, 2.45) is 0 Å². The molecule has 3 rings (SSSR count). The number of nitrogens with zero attached hydrogens (tertiary/aromatic N) is 2. The first kappa shape index (κ1) is 16.6. The summed E-state index contributed by atoms with van der Waals surface area (Å²) in [5, 5.41) is 8.49. The number of rotatable bonds is 5. The van der Waals surface area contributed by atoms with Crippen molar-refractivity contribution in [3.8, 4) is 0 Å². The minimum atomic E-state index is 0.858. The summed E-state index contributed by atoms with van der Waals surface area (Å²) in [7, 11) is 1.89. The van der Waals surface area contributed by atoms with Gasteiger partial charge in [-0.1, -0.05) is 35.6 Å². The highest BCUT2D eigenvalue weighted by atomic mass is 32.1. The van der Waals surface area contributed by atoms with Gasteiger partial charge in [0.2, 0.25) is 5.13 Å². The summed E-state index contributed by atoms with van der Waals surface area (Å²) in [6.45, 7) is 9.00. The number of hydrogen-bond donors (Lipinski definition) is 3. The van der Waals surface area contributed by atoms with Gasteiger partial charge >= 0.3 is 0 Å². The molecule has 1 aliphatic rings. The number of nitrogens with one attached hydrogen (secondary N) is 3. The number of benzene rings is 1. The lowest BCUT2D eigenvalue weighted by atomic mass is 10.1. The van der Waals surface area contributed by atoms with E-state index in [0.29, 0.717) is 0 Å². The fourth-order valence-electron chi connectivity index (χ4n) is 3.09. The van der Waals surface area contributed by atoms with Crippen molar-refractivity contribution in [3.63, 3.8) is 0 Å². The van der Waals surface area contributed by atoms with Crippen molar-refractivity contribution in [3.05, 3.63) is 39.3 Å². The van der Waals surface area contributed by atoms with Crippen LogP contribution >= 0.6 is 23.6 Å². The predicted octanol–water partition coefficient (Wildman–Crippen LogP) is -0.0347. The van der Waals surface area contributed by atoms with Gasteiger partial charge in [-0.05, 0) is 24.7 Å². The number of aryl methyl sites for hydroxylation is 1. The van der Waals surface area contributed by atoms with Crippen LogP contribution in [0.15, 0.2) is 24.3 Å². The Hall–Kier alpha value is -1.28. The highest BCUT2D eigenvalue weighted by Gasteiger charge is 2.24. The fourth-order valence-corrected chi connectivity index (χ4v) is 4.05. The Morgan fingerprint density at radius 2 is 1.91 bits per heavy atom. The van der Waals surface area contributed by atoms with Crippen LogP contribution < -0.4 is 15.1 Å². The lowest BCUT2D eigenvalue weighted by Gasteiger charge is -2.29. The van der Waals surface area contributed by atoms with Gasteiger partial charge in [0.05, 0.1) is 0 Å². The van der Waals surface area contributed by atoms with Crippen LogP contribution in [0.3, 0.4) is 0 Å². The monoisotopic (exact) mass is 351 g/mol. The molecule has 2 heterocycles. The van der Waals surface area contributed by atoms with E-state index in [0.717, 1.165) is 22.3 Å². The van der Waals surface area contributed by atoms with E-state index >= 15 is 0 Å². The lowest BCUT2D eigenvalue weighted by molar-refractivity contribution is -1.03. The number of quaternary nitrogens is 2. The fraction of sp³-hybridized carbons (Fsp3) is 0.500. The molecule has 1 fully saturated rings. The summed E-state index contributed by atoms with van der Waals surface area (Å²) in [5.41, 5.74) is 2.88. The Labute approximate surface area is 146 Å². The molecule has 2 aromatic rings. The van der Waals surface area contributed by atoms with Gasteiger partial charge in [0.15, 0.2) is 10.6 Å². The van der Waals surface area contributed by atoms with Gasteiger partial charge in [0.25, 0.3) is 0 Å². The minimum Gasteiger partial charge on any atom is -0.363 e. The molecule has 0 amide bonds. The van der Waals surface area contributed by atoms with Crippen LogP contribution in [0.1, 0.15) is 11.1 Å². The Morgan fingerprint density at radius 3 is 2.57 bits per heavy atom. The molecule has 7 heteroatoms. The normalized spacial score (nSPS) is 21.3. The van der Waals surface area contributed by atoms with Gasteiger partial charge in [-0.15, -0.1) is 5.10 Å². The summed E-state index contributed by atoms with van der Waals surface area (Å²) >= 11 is 6.94. The first-order chi connectivity index (χ1) is 11.2. The van der Waals surface area contributed by atoms with E-state index in [4.69, 9.17) is 12.2 Å². The summed E-state index contributed by atoms with van der Waals surface area (Å²) in [6, 6.07) is 8.73. The number of aromatic nitrogens is 2. The maximum absolute atomic E-state index is 5.39. The van der Waals surface area contributed by atoms with E-state index in [-0.39, 0.29) is 0 Å². The molecule has 124 valence electrons. The highest BCUT2D eigenvalue weighted by Crippen LogP contribution is 2.12. The summed E-state index contributed by atoms with van der Waals surface area (Å²) in [5.74, 6) is 0. The van der Waals surface area contributed by atoms with E-state index in [1.54, 1.807) is 21.1 Å². The van der Waals surface area contributed by atoms with Crippen molar-refractivity contribution in [1.82, 2.24) is 9.78 Å². The Balaban J connectivity index is 1.53. The quantitative estimate of drug-likeness (QED) is 0.662. The third-order valence-corrected chi connectivity index (χ3v) is 5.88. The molecule has 1 aromatic heterocycles. The summed E-state index contributed by atoms with van der Waals surface area (Å²) in [4.78, 5) is 3.25. The summed E-state index contributed by atoms with van der Waals surface area (Å²) < 4.78 is 2.82. The standard InChI is InChI=1S/C16H23N5S2/c1-13-5-3-4-6-14(13)11-19-7-9-20(10-8-19)12-21-16(22)23-15(17-2)18-21/h3-6H,7-12H2,1-2H3,(H,17,18)/p+2. The molecule has 0 atom stereocenters. The molecule has 0 saturated carbocycles. The van der Waals surface area contributed by atoms with E-state index in [1.807, 2.05) is 11.7 Å². The maximum atomic E-state index is 5.39. The zero-order valence-corrected chi connectivity index (χ0v) is 15.4. The van der Waals surface area contributed by atoms with Gasteiger partial charge in [0.1, 0.15) is 32.7 Å². The second kappa shape index (κ2) is 7.53. The predicted molar refractivity (Wildman–Crippen MR) is 96.8 cm³/mol. The zero-order valence-electron chi connectivity index (χ0n) is 13.8. The third-order valence-electron chi connectivity index (χ3n) is 4.56. The van der Waals surface area contributed by atoms with Crippen LogP contribution in [-0.2, 0) is 13.2 Å². The summed E-state index contributed by atoms with van der Waals surface area (Å²) in [6.07, 6.45) is 0. The van der Waals surface area contributed by atoms with Crippen LogP contribution in [0.25, 0.3) is 0 Å². The van der Waals surface area contributed by atoms with Gasteiger partial charge < -0.3 is 15.1 Å². The van der Waals surface area contributed by atoms with Gasteiger partial charge in [-0.3, -0.25) is 0 Å². The molecule has 0 unspecified atom stereocenters. The van der Waals surface area contributed by atoms with Crippen molar-refractivity contribution in [1.29, 1.82) is 0 Å².